The Kier molecular flexibility index (Phi) is 28.9. The molecule has 0 heterocycles. The van der Waals surface area contributed by atoms with E-state index >= 15 is 0 Å². The van der Waals surface area contributed by atoms with Gasteiger partial charge >= 0.3 is 0 Å². The van der Waals surface area contributed by atoms with Crippen molar-refractivity contribution in [1.82, 2.24) is 0 Å². The average molecular weight is 641 g/mol. The minimum atomic E-state index is -0.661. The summed E-state index contributed by atoms with van der Waals surface area (Å²) < 4.78 is 0. The van der Waals surface area contributed by atoms with Crippen LogP contribution in [0.15, 0.2) is 0 Å². The summed E-state index contributed by atoms with van der Waals surface area (Å²) in [6, 6.07) is 0. The molecule has 0 saturated carbocycles. The fourth-order valence-electron chi connectivity index (χ4n) is 5.71. The maximum absolute atomic E-state index is 12.2. The van der Waals surface area contributed by atoms with E-state index in [0.29, 0.717) is 64.2 Å². The summed E-state index contributed by atoms with van der Waals surface area (Å²) in [5.74, 6) is 0.250. The lowest BCUT2D eigenvalue weighted by molar-refractivity contribution is -0.122. The average Bonchev–Trinajstić information content (AvgIpc) is 2.96. The Morgan fingerprint density at radius 3 is 0.822 bits per heavy atom. The third-order valence-electron chi connectivity index (χ3n) is 8.53. The standard InChI is InChI=1S/C37H68O8/c1-3-5-10-18-30(38)26-32(40)20-12-7-14-22-34(42)28-36(44)24-16-9-17-25-37(45)29-35(43)23-15-8-13-21-33(41)27-31(39)19-11-6-4-2/h30-31,36-39,44-45H,3-29H2,1-2H3. The van der Waals surface area contributed by atoms with Gasteiger partial charge in [0.05, 0.1) is 24.4 Å². The SMILES string of the molecule is CCCCCC(O)CC(=O)CCCCCC(=O)CC(O)CCCCCC(O)CC(=O)CCCCCC(=O)CC(O)CCCCC. The maximum Gasteiger partial charge on any atom is 0.135 e. The molecule has 0 aliphatic rings. The predicted molar refractivity (Wildman–Crippen MR) is 180 cm³/mol. The highest BCUT2D eigenvalue weighted by molar-refractivity contribution is 5.80. The first-order valence-corrected chi connectivity index (χ1v) is 18.4. The summed E-state index contributed by atoms with van der Waals surface area (Å²) in [6.45, 7) is 4.21. The molecular formula is C37H68O8. The maximum atomic E-state index is 12.2. The van der Waals surface area contributed by atoms with Crippen LogP contribution >= 0.6 is 0 Å². The van der Waals surface area contributed by atoms with Gasteiger partial charge in [0.25, 0.3) is 0 Å². The Hall–Kier alpha value is -1.48. The van der Waals surface area contributed by atoms with E-state index < -0.39 is 24.4 Å². The topological polar surface area (TPSA) is 149 Å². The fourth-order valence-corrected chi connectivity index (χ4v) is 5.71. The molecule has 8 nitrogen and oxygen atoms in total. The van der Waals surface area contributed by atoms with Crippen LogP contribution in [0.5, 0.6) is 0 Å². The van der Waals surface area contributed by atoms with Gasteiger partial charge in [-0.3, -0.25) is 19.2 Å². The van der Waals surface area contributed by atoms with Crippen LogP contribution < -0.4 is 0 Å². The lowest BCUT2D eigenvalue weighted by atomic mass is 9.99. The Morgan fingerprint density at radius 2 is 0.578 bits per heavy atom. The van der Waals surface area contributed by atoms with Crippen LogP contribution in [-0.2, 0) is 19.2 Å². The monoisotopic (exact) mass is 640 g/mol. The van der Waals surface area contributed by atoms with E-state index in [4.69, 9.17) is 0 Å². The predicted octanol–water partition coefficient (Wildman–Crippen LogP) is 7.28. The number of carbonyl (C=O) groups is 4. The third-order valence-corrected chi connectivity index (χ3v) is 8.53. The van der Waals surface area contributed by atoms with E-state index in [1.165, 1.54) is 0 Å². The summed E-state index contributed by atoms with van der Waals surface area (Å²) in [6.07, 6.45) is 15.5. The highest BCUT2D eigenvalue weighted by atomic mass is 16.3. The van der Waals surface area contributed by atoms with Crippen LogP contribution in [0.2, 0.25) is 0 Å². The Labute approximate surface area is 274 Å². The first-order valence-electron chi connectivity index (χ1n) is 18.4. The molecule has 0 saturated heterocycles. The highest BCUT2D eigenvalue weighted by Crippen LogP contribution is 2.16. The van der Waals surface area contributed by atoms with Gasteiger partial charge < -0.3 is 20.4 Å². The minimum absolute atomic E-state index is 0.0392. The van der Waals surface area contributed by atoms with Gasteiger partial charge in [0, 0.05) is 51.4 Å². The number of rotatable bonds is 34. The zero-order valence-electron chi connectivity index (χ0n) is 28.8. The molecule has 0 aromatic carbocycles. The second-order valence-corrected chi connectivity index (χ2v) is 13.3. The number of aliphatic hydroxyl groups excluding tert-OH is 4. The van der Waals surface area contributed by atoms with Crippen LogP contribution in [0.1, 0.15) is 187 Å². The van der Waals surface area contributed by atoms with Crippen molar-refractivity contribution in [2.75, 3.05) is 0 Å². The van der Waals surface area contributed by atoms with Crippen LogP contribution in [0.4, 0.5) is 0 Å². The number of aliphatic hydroxyl groups is 4. The molecule has 8 heteroatoms. The van der Waals surface area contributed by atoms with Gasteiger partial charge in [-0.05, 0) is 51.4 Å². The van der Waals surface area contributed by atoms with Gasteiger partial charge in [-0.1, -0.05) is 84.5 Å². The summed E-state index contributed by atoms with van der Waals surface area (Å²) in [5, 5.41) is 40.2. The summed E-state index contributed by atoms with van der Waals surface area (Å²) in [5.41, 5.74) is 0. The molecule has 0 spiro atoms. The number of Topliss-reactive ketones (excluding diaryl/α,β-unsaturated/α-hetero) is 4. The van der Waals surface area contributed by atoms with Crippen molar-refractivity contribution in [3.63, 3.8) is 0 Å². The van der Waals surface area contributed by atoms with Crippen LogP contribution in [0.25, 0.3) is 0 Å². The molecule has 0 aliphatic heterocycles. The second kappa shape index (κ2) is 29.9. The normalized spacial score (nSPS) is 14.2. The van der Waals surface area contributed by atoms with Gasteiger partial charge in [0.2, 0.25) is 0 Å². The smallest absolute Gasteiger partial charge is 0.135 e. The second-order valence-electron chi connectivity index (χ2n) is 13.3. The van der Waals surface area contributed by atoms with E-state index in [-0.39, 0.29) is 48.8 Å². The van der Waals surface area contributed by atoms with Crippen molar-refractivity contribution >= 4 is 23.1 Å². The lowest BCUT2D eigenvalue weighted by Gasteiger charge is -2.12. The van der Waals surface area contributed by atoms with E-state index in [0.717, 1.165) is 83.5 Å². The van der Waals surface area contributed by atoms with Crippen molar-refractivity contribution in [1.29, 1.82) is 0 Å². The number of carbonyl (C=O) groups excluding carboxylic acids is 4. The van der Waals surface area contributed by atoms with Crippen molar-refractivity contribution in [2.45, 2.75) is 212 Å². The molecule has 4 N–H and O–H groups in total. The zero-order chi connectivity index (χ0) is 33.7. The van der Waals surface area contributed by atoms with E-state index in [9.17, 15) is 39.6 Å². The molecule has 4 unspecified atom stereocenters. The molecular weight excluding hydrogens is 572 g/mol. The zero-order valence-corrected chi connectivity index (χ0v) is 28.8. The molecule has 0 radical (unpaired) electrons. The quantitative estimate of drug-likeness (QED) is 0.0536. The Morgan fingerprint density at radius 1 is 0.356 bits per heavy atom. The van der Waals surface area contributed by atoms with Crippen molar-refractivity contribution in [2.24, 2.45) is 0 Å². The first-order chi connectivity index (χ1) is 21.6. The van der Waals surface area contributed by atoms with Gasteiger partial charge in [0.1, 0.15) is 23.1 Å². The van der Waals surface area contributed by atoms with Gasteiger partial charge in [-0.2, -0.15) is 0 Å². The molecule has 0 bridgehead atoms. The number of unbranched alkanes of at least 4 members (excludes halogenated alkanes) is 10. The van der Waals surface area contributed by atoms with Crippen LogP contribution in [0, 0.1) is 0 Å². The van der Waals surface area contributed by atoms with Crippen LogP contribution in [-0.4, -0.2) is 68.0 Å². The molecule has 264 valence electrons. The van der Waals surface area contributed by atoms with Gasteiger partial charge in [0.15, 0.2) is 0 Å². The van der Waals surface area contributed by atoms with E-state index in [1.807, 2.05) is 0 Å². The molecule has 45 heavy (non-hydrogen) atoms. The number of ketones is 4. The molecule has 0 aromatic rings. The molecule has 0 aliphatic carbocycles. The van der Waals surface area contributed by atoms with Crippen molar-refractivity contribution < 1.29 is 39.6 Å². The Bertz CT molecular complexity index is 706. The largest absolute Gasteiger partial charge is 0.393 e. The molecule has 0 fully saturated rings. The third kappa shape index (κ3) is 29.7. The fraction of sp³-hybridized carbons (Fsp3) is 0.892. The number of hydrogen-bond donors (Lipinski definition) is 4. The first kappa shape index (κ1) is 43.5. The Balaban J connectivity index is 3.72. The lowest BCUT2D eigenvalue weighted by Crippen LogP contribution is -2.14. The molecule has 4 atom stereocenters. The molecule has 0 rings (SSSR count). The van der Waals surface area contributed by atoms with Crippen molar-refractivity contribution in [3.8, 4) is 0 Å². The summed E-state index contributed by atoms with van der Waals surface area (Å²) >= 11 is 0. The van der Waals surface area contributed by atoms with Gasteiger partial charge in [-0.25, -0.2) is 0 Å². The van der Waals surface area contributed by atoms with E-state index in [2.05, 4.69) is 13.8 Å². The van der Waals surface area contributed by atoms with Gasteiger partial charge in [-0.15, -0.1) is 0 Å². The number of hydrogen-bond acceptors (Lipinski definition) is 8. The molecule has 0 amide bonds. The highest BCUT2D eigenvalue weighted by Gasteiger charge is 2.14. The molecule has 0 aromatic heterocycles. The van der Waals surface area contributed by atoms with E-state index in [1.54, 1.807) is 0 Å². The minimum Gasteiger partial charge on any atom is -0.393 e. The summed E-state index contributed by atoms with van der Waals surface area (Å²) in [7, 11) is 0. The van der Waals surface area contributed by atoms with Crippen LogP contribution in [0.3, 0.4) is 0 Å². The van der Waals surface area contributed by atoms with Crippen molar-refractivity contribution in [3.05, 3.63) is 0 Å². The summed E-state index contributed by atoms with van der Waals surface area (Å²) in [4.78, 5) is 48.3.